The van der Waals surface area contributed by atoms with E-state index in [4.69, 9.17) is 4.74 Å². The van der Waals surface area contributed by atoms with Crippen molar-refractivity contribution in [3.05, 3.63) is 89.2 Å². The summed E-state index contributed by atoms with van der Waals surface area (Å²) in [5, 5.41) is 5.59. The van der Waals surface area contributed by atoms with Gasteiger partial charge in [0.25, 0.3) is 11.8 Å². The molecule has 0 aliphatic heterocycles. The summed E-state index contributed by atoms with van der Waals surface area (Å²) in [6, 6.07) is 19.6. The van der Waals surface area contributed by atoms with Crippen molar-refractivity contribution in [2.24, 2.45) is 0 Å². The van der Waals surface area contributed by atoms with Gasteiger partial charge < -0.3 is 15.4 Å². The molecule has 0 fully saturated rings. The number of rotatable bonds is 6. The lowest BCUT2D eigenvalue weighted by Crippen LogP contribution is -2.25. The van der Waals surface area contributed by atoms with E-state index in [1.54, 1.807) is 49.6 Å². The van der Waals surface area contributed by atoms with Crippen molar-refractivity contribution in [1.82, 2.24) is 10.3 Å². The summed E-state index contributed by atoms with van der Waals surface area (Å²) in [7, 11) is 1.58. The molecule has 0 aliphatic rings. The van der Waals surface area contributed by atoms with Gasteiger partial charge >= 0.3 is 0 Å². The lowest BCUT2D eigenvalue weighted by Gasteiger charge is -2.09. The van der Waals surface area contributed by atoms with E-state index in [0.29, 0.717) is 18.0 Å². The summed E-state index contributed by atoms with van der Waals surface area (Å²) >= 11 is 0. The van der Waals surface area contributed by atoms with Crippen molar-refractivity contribution in [1.29, 1.82) is 0 Å². The number of carbonyl (C=O) groups excluding carboxylic acids is 2. The molecule has 3 rings (SSSR count). The third-order valence-electron chi connectivity index (χ3n) is 4.26. The third-order valence-corrected chi connectivity index (χ3v) is 4.26. The van der Waals surface area contributed by atoms with Crippen LogP contribution in [0.1, 0.15) is 32.1 Å². The molecule has 6 heteroatoms. The van der Waals surface area contributed by atoms with Crippen molar-refractivity contribution in [2.75, 3.05) is 12.4 Å². The number of amides is 2. The van der Waals surface area contributed by atoms with E-state index in [0.717, 1.165) is 11.1 Å². The van der Waals surface area contributed by atoms with Crippen LogP contribution < -0.4 is 15.4 Å². The monoisotopic (exact) mass is 375 g/mol. The highest BCUT2D eigenvalue weighted by Gasteiger charge is 2.13. The number of hydrogen-bond acceptors (Lipinski definition) is 4. The second kappa shape index (κ2) is 8.81. The van der Waals surface area contributed by atoms with Crippen LogP contribution in [0, 0.1) is 6.92 Å². The first kappa shape index (κ1) is 19.1. The molecule has 0 radical (unpaired) electrons. The minimum absolute atomic E-state index is 0.166. The van der Waals surface area contributed by atoms with Crippen LogP contribution in [0.5, 0.6) is 5.75 Å². The predicted molar refractivity (Wildman–Crippen MR) is 108 cm³/mol. The van der Waals surface area contributed by atoms with Crippen LogP contribution in [0.25, 0.3) is 0 Å². The lowest BCUT2D eigenvalue weighted by molar-refractivity contribution is 0.0945. The van der Waals surface area contributed by atoms with Crippen LogP contribution in [-0.4, -0.2) is 23.9 Å². The summed E-state index contributed by atoms with van der Waals surface area (Å²) in [6.07, 6.45) is 0. The first-order chi connectivity index (χ1) is 13.6. The molecule has 3 aromatic rings. The average Bonchev–Trinajstić information content (AvgIpc) is 2.73. The topological polar surface area (TPSA) is 80.3 Å². The number of nitrogens with zero attached hydrogens (tertiary/aromatic N) is 1. The second-order valence-electron chi connectivity index (χ2n) is 6.20. The van der Waals surface area contributed by atoms with Gasteiger partial charge in [0.15, 0.2) is 0 Å². The normalized spacial score (nSPS) is 10.2. The maximum absolute atomic E-state index is 12.4. The molecular weight excluding hydrogens is 354 g/mol. The first-order valence-electron chi connectivity index (χ1n) is 8.82. The molecule has 28 heavy (non-hydrogen) atoms. The molecule has 0 saturated heterocycles. The van der Waals surface area contributed by atoms with Gasteiger partial charge in [-0.05, 0) is 54.4 Å². The number of pyridine rings is 1. The Balaban J connectivity index is 1.66. The minimum atomic E-state index is -0.390. The van der Waals surface area contributed by atoms with Crippen molar-refractivity contribution < 1.29 is 14.3 Å². The van der Waals surface area contributed by atoms with Crippen molar-refractivity contribution >= 4 is 17.5 Å². The summed E-state index contributed by atoms with van der Waals surface area (Å²) in [6.45, 7) is 2.39. The Labute approximate surface area is 163 Å². The van der Waals surface area contributed by atoms with Crippen molar-refractivity contribution in [3.63, 3.8) is 0 Å². The van der Waals surface area contributed by atoms with Gasteiger partial charge in [-0.25, -0.2) is 4.98 Å². The van der Waals surface area contributed by atoms with Crippen LogP contribution >= 0.6 is 0 Å². The van der Waals surface area contributed by atoms with Gasteiger partial charge in [-0.15, -0.1) is 0 Å². The molecule has 0 saturated carbocycles. The summed E-state index contributed by atoms with van der Waals surface area (Å²) in [5.41, 5.74) is 3.10. The number of benzene rings is 2. The number of methoxy groups -OCH3 is 1. The molecule has 142 valence electrons. The van der Waals surface area contributed by atoms with E-state index in [1.165, 1.54) is 0 Å². The Morgan fingerprint density at radius 2 is 1.57 bits per heavy atom. The fraction of sp³-hybridized carbons (Fsp3) is 0.136. The molecule has 2 N–H and O–H groups in total. The van der Waals surface area contributed by atoms with E-state index in [1.807, 2.05) is 31.2 Å². The van der Waals surface area contributed by atoms with E-state index >= 15 is 0 Å². The molecule has 0 atom stereocenters. The minimum Gasteiger partial charge on any atom is -0.497 e. The van der Waals surface area contributed by atoms with Crippen LogP contribution in [0.4, 0.5) is 5.69 Å². The van der Waals surface area contributed by atoms with Gasteiger partial charge in [-0.3, -0.25) is 9.59 Å². The van der Waals surface area contributed by atoms with Gasteiger partial charge in [0.1, 0.15) is 17.1 Å². The Kier molecular flexibility index (Phi) is 6.01. The molecule has 2 aromatic carbocycles. The van der Waals surface area contributed by atoms with Gasteiger partial charge in [0, 0.05) is 12.2 Å². The molecule has 1 aromatic heterocycles. The number of aromatic nitrogens is 1. The van der Waals surface area contributed by atoms with Crippen LogP contribution in [0.3, 0.4) is 0 Å². The number of anilines is 1. The van der Waals surface area contributed by atoms with E-state index in [9.17, 15) is 9.59 Å². The fourth-order valence-electron chi connectivity index (χ4n) is 2.63. The van der Waals surface area contributed by atoms with Crippen LogP contribution in [-0.2, 0) is 6.54 Å². The number of carbonyl (C=O) groups is 2. The standard InChI is InChI=1S/C22H21N3O3/c1-15-6-3-4-7-16(15)14-23-21(26)19-8-5-9-20(25-19)22(27)24-17-10-12-18(28-2)13-11-17/h3-13H,14H2,1-2H3,(H,23,26)(H,24,27). The molecule has 6 nitrogen and oxygen atoms in total. The molecule has 0 aliphatic carbocycles. The number of aryl methyl sites for hydroxylation is 1. The average molecular weight is 375 g/mol. The van der Waals surface area contributed by atoms with Gasteiger partial charge in [-0.1, -0.05) is 30.3 Å². The maximum atomic E-state index is 12.4. The summed E-state index contributed by atoms with van der Waals surface area (Å²) < 4.78 is 5.09. The van der Waals surface area contributed by atoms with Crippen LogP contribution in [0.15, 0.2) is 66.7 Å². The molecule has 2 amide bonds. The molecule has 1 heterocycles. The number of nitrogens with one attached hydrogen (secondary N) is 2. The summed E-state index contributed by atoms with van der Waals surface area (Å²) in [5.74, 6) is -0.0236. The van der Waals surface area contributed by atoms with Crippen molar-refractivity contribution in [2.45, 2.75) is 13.5 Å². The zero-order chi connectivity index (χ0) is 19.9. The third kappa shape index (κ3) is 4.73. The second-order valence-corrected chi connectivity index (χ2v) is 6.20. The highest BCUT2D eigenvalue weighted by molar-refractivity contribution is 6.03. The van der Waals surface area contributed by atoms with E-state index in [2.05, 4.69) is 15.6 Å². The van der Waals surface area contributed by atoms with Gasteiger partial charge in [0.2, 0.25) is 0 Å². The fourth-order valence-corrected chi connectivity index (χ4v) is 2.63. The highest BCUT2D eigenvalue weighted by atomic mass is 16.5. The smallest absolute Gasteiger partial charge is 0.274 e. The predicted octanol–water partition coefficient (Wildman–Crippen LogP) is 3.58. The first-order valence-corrected chi connectivity index (χ1v) is 8.82. The van der Waals surface area contributed by atoms with E-state index in [-0.39, 0.29) is 17.3 Å². The number of ether oxygens (including phenoxy) is 1. The molecule has 0 bridgehead atoms. The lowest BCUT2D eigenvalue weighted by atomic mass is 10.1. The highest BCUT2D eigenvalue weighted by Crippen LogP contribution is 2.15. The Bertz CT molecular complexity index is 984. The largest absolute Gasteiger partial charge is 0.497 e. The van der Waals surface area contributed by atoms with Gasteiger partial charge in [0.05, 0.1) is 7.11 Å². The maximum Gasteiger partial charge on any atom is 0.274 e. The zero-order valence-corrected chi connectivity index (χ0v) is 15.7. The zero-order valence-electron chi connectivity index (χ0n) is 15.7. The molecule has 0 spiro atoms. The Morgan fingerprint density at radius 3 is 2.25 bits per heavy atom. The Morgan fingerprint density at radius 1 is 0.893 bits per heavy atom. The summed E-state index contributed by atoms with van der Waals surface area (Å²) in [4.78, 5) is 29.0. The van der Waals surface area contributed by atoms with Crippen LogP contribution in [0.2, 0.25) is 0 Å². The molecule has 0 unspecified atom stereocenters. The van der Waals surface area contributed by atoms with Crippen molar-refractivity contribution in [3.8, 4) is 5.75 Å². The van der Waals surface area contributed by atoms with E-state index < -0.39 is 5.91 Å². The SMILES string of the molecule is COc1ccc(NC(=O)c2cccc(C(=O)NCc3ccccc3C)n2)cc1. The number of hydrogen-bond donors (Lipinski definition) is 2. The Hall–Kier alpha value is -3.67. The quantitative estimate of drug-likeness (QED) is 0.690. The molecular formula is C22H21N3O3. The van der Waals surface area contributed by atoms with Gasteiger partial charge in [-0.2, -0.15) is 0 Å².